The second-order valence-electron chi connectivity index (χ2n) is 3.31. The lowest BCUT2D eigenvalue weighted by molar-refractivity contribution is 0.315. The molecular weight excluding hydrogens is 160 g/mol. The normalized spacial score (nSPS) is 12.9. The molecule has 1 N–H and O–H groups in total. The largest absolute Gasteiger partial charge is 0.369 e. The molecule has 2 heteroatoms. The summed E-state index contributed by atoms with van der Waals surface area (Å²) in [4.78, 5) is 2.17. The Morgan fingerprint density at radius 2 is 2.23 bits per heavy atom. The summed E-state index contributed by atoms with van der Waals surface area (Å²) in [6, 6.07) is 11.1. The molecule has 0 aromatic heterocycles. The Bertz CT molecular complexity index is 231. The first-order valence-electron chi connectivity index (χ1n) is 4.63. The first-order valence-corrected chi connectivity index (χ1v) is 4.63. The molecule has 0 amide bonds. The SMILES string of the molecule is CCC(Nc1[c]cccc1)N(C)C. The van der Waals surface area contributed by atoms with E-state index in [2.05, 4.69) is 37.3 Å². The van der Waals surface area contributed by atoms with Crippen LogP contribution in [0.25, 0.3) is 0 Å². The lowest BCUT2D eigenvalue weighted by Gasteiger charge is -2.24. The van der Waals surface area contributed by atoms with Crippen LogP contribution in [0.5, 0.6) is 0 Å². The van der Waals surface area contributed by atoms with E-state index in [9.17, 15) is 0 Å². The molecule has 0 bridgehead atoms. The molecule has 0 saturated carbocycles. The Hall–Kier alpha value is -1.02. The van der Waals surface area contributed by atoms with Gasteiger partial charge in [0.25, 0.3) is 0 Å². The van der Waals surface area contributed by atoms with Gasteiger partial charge in [-0.05, 0) is 26.6 Å². The van der Waals surface area contributed by atoms with Crippen molar-refractivity contribution in [3.63, 3.8) is 0 Å². The molecule has 1 radical (unpaired) electrons. The van der Waals surface area contributed by atoms with Gasteiger partial charge in [-0.15, -0.1) is 0 Å². The van der Waals surface area contributed by atoms with Crippen LogP contribution in [0, 0.1) is 6.07 Å². The van der Waals surface area contributed by atoms with Crippen molar-refractivity contribution in [3.05, 3.63) is 30.3 Å². The van der Waals surface area contributed by atoms with Gasteiger partial charge in [0.1, 0.15) is 0 Å². The van der Waals surface area contributed by atoms with Gasteiger partial charge >= 0.3 is 0 Å². The van der Waals surface area contributed by atoms with Crippen molar-refractivity contribution < 1.29 is 0 Å². The number of anilines is 1. The number of benzene rings is 1. The van der Waals surface area contributed by atoms with E-state index in [1.54, 1.807) is 0 Å². The van der Waals surface area contributed by atoms with E-state index in [1.165, 1.54) is 0 Å². The molecule has 1 atom stereocenters. The van der Waals surface area contributed by atoms with Crippen molar-refractivity contribution in [2.75, 3.05) is 19.4 Å². The van der Waals surface area contributed by atoms with Crippen molar-refractivity contribution >= 4 is 5.69 Å². The first kappa shape index (κ1) is 10.1. The highest BCUT2D eigenvalue weighted by Gasteiger charge is 2.06. The van der Waals surface area contributed by atoms with Gasteiger partial charge in [0.05, 0.1) is 6.17 Å². The van der Waals surface area contributed by atoms with E-state index >= 15 is 0 Å². The van der Waals surface area contributed by atoms with E-state index in [0.717, 1.165) is 12.1 Å². The molecule has 71 valence electrons. The Morgan fingerprint density at radius 3 is 2.69 bits per heavy atom. The third-order valence-corrected chi connectivity index (χ3v) is 2.04. The zero-order valence-electron chi connectivity index (χ0n) is 8.54. The van der Waals surface area contributed by atoms with Gasteiger partial charge in [-0.25, -0.2) is 0 Å². The minimum atomic E-state index is 0.388. The highest BCUT2D eigenvalue weighted by atomic mass is 15.2. The van der Waals surface area contributed by atoms with Crippen LogP contribution in [-0.2, 0) is 0 Å². The van der Waals surface area contributed by atoms with Gasteiger partial charge in [0.2, 0.25) is 0 Å². The number of para-hydroxylation sites is 1. The summed E-state index contributed by atoms with van der Waals surface area (Å²) >= 11 is 0. The fraction of sp³-hybridized carbons (Fsp3) is 0.455. The van der Waals surface area contributed by atoms with Crippen molar-refractivity contribution in [3.8, 4) is 0 Å². The highest BCUT2D eigenvalue weighted by molar-refractivity contribution is 5.41. The van der Waals surface area contributed by atoms with E-state index in [-0.39, 0.29) is 0 Å². The number of nitrogens with zero attached hydrogens (tertiary/aromatic N) is 1. The van der Waals surface area contributed by atoms with Crippen LogP contribution in [0.2, 0.25) is 0 Å². The lowest BCUT2D eigenvalue weighted by atomic mass is 10.3. The molecule has 0 fully saturated rings. The van der Waals surface area contributed by atoms with Crippen LogP contribution in [0.4, 0.5) is 5.69 Å². The molecular formula is C11H17N2. The molecule has 0 aliphatic rings. The topological polar surface area (TPSA) is 15.3 Å². The molecule has 0 saturated heterocycles. The summed E-state index contributed by atoms with van der Waals surface area (Å²) in [7, 11) is 4.15. The van der Waals surface area contributed by atoms with Crippen molar-refractivity contribution in [1.82, 2.24) is 4.90 Å². The minimum Gasteiger partial charge on any atom is -0.369 e. The Balaban J connectivity index is 2.57. The molecule has 1 rings (SSSR count). The Labute approximate surface area is 80.6 Å². The van der Waals surface area contributed by atoms with Crippen LogP contribution in [0.15, 0.2) is 24.3 Å². The van der Waals surface area contributed by atoms with E-state index in [0.29, 0.717) is 6.17 Å². The number of hydrogen-bond acceptors (Lipinski definition) is 2. The summed E-state index contributed by atoms with van der Waals surface area (Å²) < 4.78 is 0. The van der Waals surface area contributed by atoms with Crippen LogP contribution in [0.1, 0.15) is 13.3 Å². The maximum atomic E-state index is 3.40. The zero-order chi connectivity index (χ0) is 9.68. The van der Waals surface area contributed by atoms with Crippen LogP contribution in [-0.4, -0.2) is 25.2 Å². The van der Waals surface area contributed by atoms with Gasteiger partial charge in [0.15, 0.2) is 0 Å². The third kappa shape index (κ3) is 3.07. The minimum absolute atomic E-state index is 0.388. The number of nitrogens with one attached hydrogen (secondary N) is 1. The lowest BCUT2D eigenvalue weighted by Crippen LogP contribution is -2.34. The smallest absolute Gasteiger partial charge is 0.0785 e. The predicted molar refractivity (Wildman–Crippen MR) is 56.7 cm³/mol. The predicted octanol–water partition coefficient (Wildman–Crippen LogP) is 2.20. The summed E-state index contributed by atoms with van der Waals surface area (Å²) in [5.74, 6) is 0. The average Bonchev–Trinajstić information content (AvgIpc) is 2.15. The summed E-state index contributed by atoms with van der Waals surface area (Å²) in [6.07, 6.45) is 1.47. The second-order valence-corrected chi connectivity index (χ2v) is 3.31. The zero-order valence-corrected chi connectivity index (χ0v) is 8.54. The van der Waals surface area contributed by atoms with Gasteiger partial charge in [-0.2, -0.15) is 0 Å². The highest BCUT2D eigenvalue weighted by Crippen LogP contribution is 2.08. The van der Waals surface area contributed by atoms with Crippen LogP contribution in [0.3, 0.4) is 0 Å². The summed E-state index contributed by atoms with van der Waals surface area (Å²) in [5, 5.41) is 3.40. The fourth-order valence-corrected chi connectivity index (χ4v) is 1.26. The molecule has 0 heterocycles. The molecule has 0 aliphatic carbocycles. The second kappa shape index (κ2) is 4.87. The molecule has 0 spiro atoms. The first-order chi connectivity index (χ1) is 6.24. The summed E-state index contributed by atoms with van der Waals surface area (Å²) in [5.41, 5.74) is 1.06. The van der Waals surface area contributed by atoms with E-state index in [1.807, 2.05) is 24.3 Å². The quantitative estimate of drug-likeness (QED) is 0.709. The van der Waals surface area contributed by atoms with Crippen LogP contribution >= 0.6 is 0 Å². The monoisotopic (exact) mass is 177 g/mol. The molecule has 1 aromatic rings. The summed E-state index contributed by atoms with van der Waals surface area (Å²) in [6.45, 7) is 2.17. The number of rotatable bonds is 4. The van der Waals surface area contributed by atoms with Gasteiger partial charge in [0, 0.05) is 11.8 Å². The number of hydrogen-bond donors (Lipinski definition) is 1. The Kier molecular flexibility index (Phi) is 3.77. The molecule has 0 aliphatic heterocycles. The molecule has 2 nitrogen and oxygen atoms in total. The maximum absolute atomic E-state index is 3.40. The van der Waals surface area contributed by atoms with Crippen molar-refractivity contribution in [2.45, 2.75) is 19.5 Å². The maximum Gasteiger partial charge on any atom is 0.0785 e. The Morgan fingerprint density at radius 1 is 1.46 bits per heavy atom. The van der Waals surface area contributed by atoms with Gasteiger partial charge < -0.3 is 5.32 Å². The molecule has 1 aromatic carbocycles. The molecule has 13 heavy (non-hydrogen) atoms. The van der Waals surface area contributed by atoms with Gasteiger partial charge in [-0.1, -0.05) is 25.1 Å². The molecule has 1 unspecified atom stereocenters. The fourth-order valence-electron chi connectivity index (χ4n) is 1.26. The van der Waals surface area contributed by atoms with Gasteiger partial charge in [-0.3, -0.25) is 4.90 Å². The van der Waals surface area contributed by atoms with E-state index < -0.39 is 0 Å². The average molecular weight is 177 g/mol. The van der Waals surface area contributed by atoms with Crippen molar-refractivity contribution in [2.24, 2.45) is 0 Å². The van der Waals surface area contributed by atoms with Crippen molar-refractivity contribution in [1.29, 1.82) is 0 Å². The third-order valence-electron chi connectivity index (χ3n) is 2.04. The standard InChI is InChI=1S/C11H17N2/c1-4-11(13(2)3)12-10-8-6-5-7-9-10/h5-8,11-12H,4H2,1-3H3. The van der Waals surface area contributed by atoms with E-state index in [4.69, 9.17) is 0 Å². The van der Waals surface area contributed by atoms with Crippen LogP contribution < -0.4 is 5.32 Å².